The van der Waals surface area contributed by atoms with Crippen LogP contribution in [0.4, 0.5) is 0 Å². The second kappa shape index (κ2) is 7.59. The van der Waals surface area contributed by atoms with Crippen LogP contribution in [-0.2, 0) is 5.41 Å². The lowest BCUT2D eigenvalue weighted by molar-refractivity contribution is 0.360. The van der Waals surface area contributed by atoms with E-state index in [2.05, 4.69) is 79.1 Å². The number of aromatic nitrogens is 2. The Morgan fingerprint density at radius 2 is 1.34 bits per heavy atom. The molecule has 0 spiro atoms. The summed E-state index contributed by atoms with van der Waals surface area (Å²) >= 11 is 0. The summed E-state index contributed by atoms with van der Waals surface area (Å²) in [6, 6.07) is 37.5. The van der Waals surface area contributed by atoms with Crippen molar-refractivity contribution in [2.75, 3.05) is 0 Å². The van der Waals surface area contributed by atoms with Gasteiger partial charge in [0, 0.05) is 11.1 Å². The van der Waals surface area contributed by atoms with E-state index in [0.29, 0.717) is 11.5 Å². The van der Waals surface area contributed by atoms with Crippen LogP contribution in [0.25, 0.3) is 39.2 Å². The molecule has 0 atom stereocenters. The van der Waals surface area contributed by atoms with E-state index in [1.807, 2.05) is 48.5 Å². The van der Waals surface area contributed by atoms with Crippen molar-refractivity contribution in [3.63, 3.8) is 0 Å². The van der Waals surface area contributed by atoms with Gasteiger partial charge >= 0.3 is 0 Å². The standard InChI is InChI=1S/C34H24N2O2/c1-34(2)25-15-7-6-13-22(25)24-19-30-31(20-26(24)34)37-29-18-10-14-23(32(29)38-30)33-35-27-16-8-9-17-28(27)36(33)21-11-4-3-5-12-21/h3-20H,1-2H3. The first-order valence-corrected chi connectivity index (χ1v) is 12.9. The molecule has 2 heterocycles. The number of fused-ring (bicyclic) bond motifs is 6. The summed E-state index contributed by atoms with van der Waals surface area (Å²) in [5.41, 5.74) is 8.83. The van der Waals surface area contributed by atoms with Gasteiger partial charge in [0.1, 0.15) is 5.82 Å². The number of hydrogen-bond donors (Lipinski definition) is 0. The van der Waals surface area contributed by atoms with E-state index >= 15 is 0 Å². The Morgan fingerprint density at radius 3 is 2.24 bits per heavy atom. The van der Waals surface area contributed by atoms with Crippen LogP contribution in [0.15, 0.2) is 109 Å². The first-order chi connectivity index (χ1) is 18.6. The van der Waals surface area contributed by atoms with Gasteiger partial charge in [-0.3, -0.25) is 4.57 Å². The second-order valence-electron chi connectivity index (χ2n) is 10.4. The molecule has 1 aliphatic heterocycles. The highest BCUT2D eigenvalue weighted by Crippen LogP contribution is 2.56. The predicted molar refractivity (Wildman–Crippen MR) is 151 cm³/mol. The molecule has 0 bridgehead atoms. The molecule has 0 saturated heterocycles. The van der Waals surface area contributed by atoms with Crippen molar-refractivity contribution >= 4 is 11.0 Å². The van der Waals surface area contributed by atoms with Gasteiger partial charge in [-0.1, -0.05) is 74.5 Å². The molecule has 1 aromatic heterocycles. The van der Waals surface area contributed by atoms with Crippen LogP contribution in [0, 0.1) is 0 Å². The topological polar surface area (TPSA) is 36.3 Å². The molecule has 4 nitrogen and oxygen atoms in total. The zero-order chi connectivity index (χ0) is 25.4. The molecule has 2 aliphatic rings. The molecule has 0 amide bonds. The normalized spacial score (nSPS) is 14.2. The van der Waals surface area contributed by atoms with E-state index in [1.165, 1.54) is 22.3 Å². The number of rotatable bonds is 2. The lowest BCUT2D eigenvalue weighted by atomic mass is 9.82. The number of nitrogens with zero attached hydrogens (tertiary/aromatic N) is 2. The molecule has 0 saturated carbocycles. The van der Waals surface area contributed by atoms with E-state index in [-0.39, 0.29) is 5.41 Å². The second-order valence-corrected chi connectivity index (χ2v) is 10.4. The van der Waals surface area contributed by atoms with E-state index in [0.717, 1.165) is 39.6 Å². The highest BCUT2D eigenvalue weighted by atomic mass is 16.6. The zero-order valence-corrected chi connectivity index (χ0v) is 21.1. The third kappa shape index (κ3) is 2.88. The summed E-state index contributed by atoms with van der Waals surface area (Å²) in [7, 11) is 0. The minimum atomic E-state index is -0.104. The Bertz CT molecular complexity index is 1900. The fourth-order valence-electron chi connectivity index (χ4n) is 6.02. The van der Waals surface area contributed by atoms with Gasteiger partial charge in [0.2, 0.25) is 0 Å². The van der Waals surface area contributed by atoms with Crippen LogP contribution in [0.2, 0.25) is 0 Å². The van der Waals surface area contributed by atoms with Crippen LogP contribution in [0.1, 0.15) is 25.0 Å². The minimum absolute atomic E-state index is 0.104. The Kier molecular flexibility index (Phi) is 4.25. The number of benzene rings is 5. The van der Waals surface area contributed by atoms with Gasteiger partial charge in [-0.25, -0.2) is 4.98 Å². The molecule has 0 fully saturated rings. The summed E-state index contributed by atoms with van der Waals surface area (Å²) in [5, 5.41) is 0. The van der Waals surface area contributed by atoms with Crippen molar-refractivity contribution in [3.05, 3.63) is 120 Å². The average Bonchev–Trinajstić information content (AvgIpc) is 3.44. The first kappa shape index (κ1) is 21.3. The Labute approximate surface area is 220 Å². The number of imidazole rings is 1. The van der Waals surface area contributed by atoms with Gasteiger partial charge in [-0.15, -0.1) is 0 Å². The monoisotopic (exact) mass is 492 g/mol. The largest absolute Gasteiger partial charge is 0.449 e. The minimum Gasteiger partial charge on any atom is -0.449 e. The van der Waals surface area contributed by atoms with Crippen LogP contribution in [0.3, 0.4) is 0 Å². The third-order valence-corrected chi connectivity index (χ3v) is 7.87. The molecule has 38 heavy (non-hydrogen) atoms. The van der Waals surface area contributed by atoms with Gasteiger partial charge in [0.25, 0.3) is 0 Å². The number of hydrogen-bond acceptors (Lipinski definition) is 3. The predicted octanol–water partition coefficient (Wildman–Crippen LogP) is 8.90. The van der Waals surface area contributed by atoms with Gasteiger partial charge in [0.15, 0.2) is 23.0 Å². The first-order valence-electron chi connectivity index (χ1n) is 12.9. The molecular formula is C34H24N2O2. The van der Waals surface area contributed by atoms with Crippen LogP contribution in [-0.4, -0.2) is 9.55 Å². The van der Waals surface area contributed by atoms with Crippen molar-refractivity contribution in [2.24, 2.45) is 0 Å². The highest BCUT2D eigenvalue weighted by Gasteiger charge is 2.37. The lowest BCUT2D eigenvalue weighted by Gasteiger charge is -2.26. The lowest BCUT2D eigenvalue weighted by Crippen LogP contribution is -2.15. The van der Waals surface area contributed by atoms with Crippen molar-refractivity contribution in [3.8, 4) is 51.2 Å². The molecule has 0 N–H and O–H groups in total. The Balaban J connectivity index is 1.31. The van der Waals surface area contributed by atoms with Gasteiger partial charge < -0.3 is 9.47 Å². The maximum atomic E-state index is 6.68. The molecule has 5 aromatic carbocycles. The summed E-state index contributed by atoms with van der Waals surface area (Å²) < 4.78 is 15.4. The molecule has 182 valence electrons. The van der Waals surface area contributed by atoms with E-state index in [4.69, 9.17) is 14.5 Å². The Morgan fingerprint density at radius 1 is 0.605 bits per heavy atom. The van der Waals surface area contributed by atoms with Crippen LogP contribution in [0.5, 0.6) is 23.0 Å². The summed E-state index contributed by atoms with van der Waals surface area (Å²) in [6.45, 7) is 4.54. The fourth-order valence-corrected chi connectivity index (χ4v) is 6.02. The van der Waals surface area contributed by atoms with Crippen molar-refractivity contribution in [2.45, 2.75) is 19.3 Å². The Hall–Kier alpha value is -4.83. The van der Waals surface area contributed by atoms with Crippen LogP contribution >= 0.6 is 0 Å². The maximum absolute atomic E-state index is 6.68. The van der Waals surface area contributed by atoms with Gasteiger partial charge in [0.05, 0.1) is 16.6 Å². The highest BCUT2D eigenvalue weighted by molar-refractivity contribution is 5.87. The summed E-state index contributed by atoms with van der Waals surface area (Å²) in [4.78, 5) is 5.06. The maximum Gasteiger partial charge on any atom is 0.181 e. The number of ether oxygens (including phenoxy) is 2. The summed E-state index contributed by atoms with van der Waals surface area (Å²) in [6.07, 6.45) is 0. The SMILES string of the molecule is CC1(C)c2ccccc2-c2cc3c(cc21)Oc1cccc(-c2nc4ccccc4n2-c2ccccc2)c1O3. The average molecular weight is 493 g/mol. The molecule has 8 rings (SSSR count). The van der Waals surface area contributed by atoms with Gasteiger partial charge in [-0.05, 0) is 70.8 Å². The van der Waals surface area contributed by atoms with E-state index in [1.54, 1.807) is 0 Å². The molecular weight excluding hydrogens is 468 g/mol. The molecule has 0 radical (unpaired) electrons. The molecule has 0 unspecified atom stereocenters. The van der Waals surface area contributed by atoms with Crippen molar-refractivity contribution < 1.29 is 9.47 Å². The molecule has 1 aliphatic carbocycles. The van der Waals surface area contributed by atoms with Crippen molar-refractivity contribution in [1.29, 1.82) is 0 Å². The third-order valence-electron chi connectivity index (χ3n) is 7.87. The van der Waals surface area contributed by atoms with E-state index in [9.17, 15) is 0 Å². The zero-order valence-electron chi connectivity index (χ0n) is 21.1. The van der Waals surface area contributed by atoms with E-state index < -0.39 is 0 Å². The number of para-hydroxylation sites is 4. The van der Waals surface area contributed by atoms with Gasteiger partial charge in [-0.2, -0.15) is 0 Å². The van der Waals surface area contributed by atoms with Crippen molar-refractivity contribution in [1.82, 2.24) is 9.55 Å². The van der Waals surface area contributed by atoms with Crippen LogP contribution < -0.4 is 9.47 Å². The fraction of sp³-hybridized carbons (Fsp3) is 0.0882. The summed E-state index contributed by atoms with van der Waals surface area (Å²) in [5.74, 6) is 3.64. The smallest absolute Gasteiger partial charge is 0.181 e. The quantitative estimate of drug-likeness (QED) is 0.242. The molecule has 6 aromatic rings. The molecule has 4 heteroatoms.